The Bertz CT molecular complexity index is 10500. The summed E-state index contributed by atoms with van der Waals surface area (Å²) in [7, 11) is 0. The van der Waals surface area contributed by atoms with Crippen molar-refractivity contribution < 1.29 is 59.2 Å². The van der Waals surface area contributed by atoms with Gasteiger partial charge in [0.1, 0.15) is 11.2 Å². The van der Waals surface area contributed by atoms with Crippen molar-refractivity contribution in [1.29, 1.82) is 0 Å². The first-order valence-corrected chi connectivity index (χ1v) is 37.8. The minimum absolute atomic E-state index is 0.0758. The van der Waals surface area contributed by atoms with Crippen LogP contribution in [0.5, 0.6) is 0 Å². The van der Waals surface area contributed by atoms with Crippen LogP contribution in [0.3, 0.4) is 0 Å². The third-order valence-corrected chi connectivity index (χ3v) is 21.3. The third-order valence-electron chi connectivity index (χ3n) is 21.3. The Balaban J connectivity index is 0.000000140. The average Bonchev–Trinajstić information content (AvgIpc) is 0.716. The van der Waals surface area contributed by atoms with Crippen LogP contribution in [-0.4, -0.2) is 0 Å². The molecule has 0 bridgehead atoms. The lowest BCUT2D eigenvalue weighted by atomic mass is 9.82. The van der Waals surface area contributed by atoms with E-state index in [1.165, 1.54) is 43.8 Å². The van der Waals surface area contributed by atoms with E-state index in [-0.39, 0.29) is 71.3 Å². The average molecular weight is 1550 g/mol. The summed E-state index contributed by atoms with van der Waals surface area (Å²) in [4.78, 5) is 0. The molecule has 0 unspecified atom stereocenters. The van der Waals surface area contributed by atoms with Gasteiger partial charge in [-0.3, -0.25) is 0 Å². The van der Waals surface area contributed by atoms with Gasteiger partial charge in [0, 0.05) is 10.8 Å². The number of fused-ring (bicyclic) bond motifs is 13. The van der Waals surface area contributed by atoms with Gasteiger partial charge in [-0.1, -0.05) is 418 Å². The van der Waals surface area contributed by atoms with Crippen molar-refractivity contribution in [2.24, 2.45) is 0 Å². The second-order valence-electron chi connectivity index (χ2n) is 27.9. The quantitative estimate of drug-likeness (QED) is 0.131. The highest BCUT2D eigenvalue weighted by molar-refractivity contribution is 6.27. The number of furan rings is 1. The van der Waals surface area contributed by atoms with E-state index >= 15 is 0 Å². The fourth-order valence-electron chi connectivity index (χ4n) is 16.3. The predicted molar refractivity (Wildman–Crippen MR) is 511 cm³/mol. The molecule has 0 atom stereocenters. The molecular formula is C118H76O. The Kier molecular flexibility index (Phi) is 10.1. The summed E-state index contributed by atoms with van der Waals surface area (Å²) >= 11 is 0. The molecule has 0 radical (unpaired) electrons. The molecule has 119 heavy (non-hydrogen) atoms. The molecule has 24 aromatic rings. The fraction of sp³-hybridized carbons (Fsp3) is 0. The number of benzene rings is 23. The fourth-order valence-corrected chi connectivity index (χ4v) is 16.3. The molecule has 0 aliphatic heterocycles. The Labute approximate surface area is 746 Å². The SMILES string of the molecule is [2H]c1c([2H])c([2H])c(-c2c([2H])c([2H])c([2H])c([2H])c2-c2c3ccccc3c(-c3c([2H])c([2H])c([2H])c4c(-c5c([2H])c([2H])c6c([2H])c([2H])c([2H])c([2H])c6c5[2H])c([2H])c([2H])c([2H])c34)c3ccccc23)c([2H])c1[2H].[2H]c1c([2H])c([2H])c(-c2c3ccccc3c(-c3c([2H])c([2H])c4c([2H])c([2H])c(-c5c([2H])c([2H])c6c([2H])c([2H])c([2H])c([2H])c6c5[2H])c([2H])c4c3[2H])c3ccccc23)c([2H])c1[2H].c1ccc(-c2c3ccccc3c(-c3ccc4oc5ccccc5c4c3)c3ccccc23)cc1. The van der Waals surface area contributed by atoms with Crippen molar-refractivity contribution in [2.45, 2.75) is 0 Å². The molecule has 0 saturated heterocycles. The standard InChI is InChI=1S/C46H30.C40H26.C32H20O/c1-2-15-32(16-3-1)35-18-6-7-19-39(35)45-41-20-8-10-22-43(41)46(44-23-11-9-21-42(44)45)40-27-13-25-37-36(24-12-26-38(37)40)34-29-28-31-14-4-5-17-33(31)30-34;1-2-11-29(12-3-1)39-35-14-6-8-16-37(35)40(38-17-9-7-15-36(38)39)33-23-20-28-19-22-32(25-34(28)26-33)31-21-18-27-10-4-5-13-30(27)24-31;1-2-10-21(11-3-1)31-24-13-4-6-15-26(24)32(27-16-7-5-14-25(27)31)22-18-19-30-28(20-22)23-12-8-9-17-29(23)33-30/h1-30H;1-26H;1-20H/i1D,2D,3D,4D,5D,6D,7D,12D,13D,14D,15D,16D,17D,18D,19D,24D,25D,26D,27D,28D,29D,30D;1D,2D,3D,4D,5D,10D,11D,12D,13D,18D,19D,20D,21D,22D,23D,24D,25D,26D;. The van der Waals surface area contributed by atoms with Crippen molar-refractivity contribution in [3.8, 4) is 100 Å². The van der Waals surface area contributed by atoms with Crippen LogP contribution in [0.1, 0.15) is 54.8 Å². The molecule has 0 saturated carbocycles. The molecule has 0 amide bonds. The maximum atomic E-state index is 9.66. The summed E-state index contributed by atoms with van der Waals surface area (Å²) in [5.41, 5.74) is 3.78. The number of rotatable bonds is 9. The minimum Gasteiger partial charge on any atom is -0.456 e. The summed E-state index contributed by atoms with van der Waals surface area (Å²) in [6, 6.07) is 41.9. The van der Waals surface area contributed by atoms with Crippen LogP contribution in [0.4, 0.5) is 0 Å². The van der Waals surface area contributed by atoms with Crippen molar-refractivity contribution >= 4 is 130 Å². The van der Waals surface area contributed by atoms with E-state index in [9.17, 15) is 13.7 Å². The maximum absolute atomic E-state index is 9.66. The van der Waals surface area contributed by atoms with Gasteiger partial charge in [0.25, 0.3) is 0 Å². The maximum Gasteiger partial charge on any atom is 0.135 e. The first-order valence-electron chi connectivity index (χ1n) is 57.8. The normalized spacial score (nSPS) is 16.2. The molecule has 0 aliphatic carbocycles. The van der Waals surface area contributed by atoms with Gasteiger partial charge < -0.3 is 4.42 Å². The van der Waals surface area contributed by atoms with Crippen molar-refractivity contribution in [3.05, 3.63) is 460 Å². The topological polar surface area (TPSA) is 13.1 Å². The Morgan fingerprint density at radius 3 is 1.02 bits per heavy atom. The van der Waals surface area contributed by atoms with Crippen LogP contribution in [0, 0.1) is 0 Å². The van der Waals surface area contributed by atoms with Gasteiger partial charge in [-0.05, 0) is 250 Å². The summed E-state index contributed by atoms with van der Waals surface area (Å²) in [6.07, 6.45) is 0. The van der Waals surface area contributed by atoms with Gasteiger partial charge in [0.15, 0.2) is 0 Å². The van der Waals surface area contributed by atoms with E-state index in [2.05, 4.69) is 109 Å². The Hall–Kier alpha value is -15.5. The molecule has 0 fully saturated rings. The van der Waals surface area contributed by atoms with Crippen molar-refractivity contribution in [2.75, 3.05) is 0 Å². The molecule has 554 valence electrons. The van der Waals surface area contributed by atoms with Crippen molar-refractivity contribution in [3.63, 3.8) is 0 Å². The smallest absolute Gasteiger partial charge is 0.135 e. The summed E-state index contributed by atoms with van der Waals surface area (Å²) < 4.78 is 360. The first-order chi connectivity index (χ1) is 75.7. The zero-order chi connectivity index (χ0) is 114. The van der Waals surface area contributed by atoms with Crippen LogP contribution in [-0.2, 0) is 0 Å². The highest BCUT2D eigenvalue weighted by atomic mass is 16.3. The molecule has 24 rings (SSSR count). The van der Waals surface area contributed by atoms with Crippen LogP contribution >= 0.6 is 0 Å². The van der Waals surface area contributed by atoms with Gasteiger partial charge in [0.2, 0.25) is 0 Å². The molecule has 0 spiro atoms. The first kappa shape index (κ1) is 40.2. The molecule has 23 aromatic carbocycles. The summed E-state index contributed by atoms with van der Waals surface area (Å²) in [5.74, 6) is 0. The zero-order valence-corrected chi connectivity index (χ0v) is 62.2. The van der Waals surface area contributed by atoms with Gasteiger partial charge in [0.05, 0.1) is 54.8 Å². The van der Waals surface area contributed by atoms with E-state index in [0.717, 1.165) is 21.9 Å². The minimum atomic E-state index is -0.806. The van der Waals surface area contributed by atoms with Gasteiger partial charge in [-0.25, -0.2) is 0 Å². The molecule has 1 nitrogen and oxygen atoms in total. The van der Waals surface area contributed by atoms with Crippen LogP contribution in [0.15, 0.2) is 465 Å². The largest absolute Gasteiger partial charge is 0.456 e. The van der Waals surface area contributed by atoms with E-state index in [1.54, 1.807) is 97.1 Å². The highest BCUT2D eigenvalue weighted by Crippen LogP contribution is 2.51. The van der Waals surface area contributed by atoms with E-state index in [0.29, 0.717) is 27.1 Å². The number of hydrogen-bond donors (Lipinski definition) is 0. The highest BCUT2D eigenvalue weighted by Gasteiger charge is 2.24. The number of hydrogen-bond acceptors (Lipinski definition) is 1. The van der Waals surface area contributed by atoms with Gasteiger partial charge in [-0.15, -0.1) is 0 Å². The predicted octanol–water partition coefficient (Wildman–Crippen LogP) is 33.5. The molecule has 0 N–H and O–H groups in total. The molecular weight excluding hydrogens is 1430 g/mol. The van der Waals surface area contributed by atoms with Gasteiger partial charge >= 0.3 is 0 Å². The molecule has 1 heteroatoms. The lowest BCUT2D eigenvalue weighted by Gasteiger charge is -2.20. The molecule has 1 heterocycles. The van der Waals surface area contributed by atoms with E-state index < -0.39 is 307 Å². The lowest BCUT2D eigenvalue weighted by Crippen LogP contribution is -1.93. The monoisotopic (exact) mass is 1550 g/mol. The molecule has 1 aromatic heterocycles. The second-order valence-corrected chi connectivity index (χ2v) is 27.9. The Morgan fingerprint density at radius 2 is 0.487 bits per heavy atom. The van der Waals surface area contributed by atoms with Crippen LogP contribution in [0.2, 0.25) is 0 Å². The zero-order valence-electron chi connectivity index (χ0n) is 102. The second kappa shape index (κ2) is 30.0. The lowest BCUT2D eigenvalue weighted by molar-refractivity contribution is 0.669. The van der Waals surface area contributed by atoms with Crippen LogP contribution < -0.4 is 0 Å². The van der Waals surface area contributed by atoms with E-state index in [1.807, 2.05) is 12.1 Å². The summed E-state index contributed by atoms with van der Waals surface area (Å²) in [6.45, 7) is 0. The van der Waals surface area contributed by atoms with Gasteiger partial charge in [-0.2, -0.15) is 0 Å². The van der Waals surface area contributed by atoms with Crippen molar-refractivity contribution in [1.82, 2.24) is 0 Å². The summed E-state index contributed by atoms with van der Waals surface area (Å²) in [5, 5.41) is 6.42. The Morgan fingerprint density at radius 1 is 0.151 bits per heavy atom. The number of para-hydroxylation sites is 1. The van der Waals surface area contributed by atoms with Crippen LogP contribution in [0.25, 0.3) is 230 Å². The van der Waals surface area contributed by atoms with E-state index in [4.69, 9.17) is 45.5 Å². The third kappa shape index (κ3) is 12.5. The molecule has 0 aliphatic rings.